The van der Waals surface area contributed by atoms with E-state index in [-0.39, 0.29) is 19.0 Å². The second-order valence-electron chi connectivity index (χ2n) is 5.62. The number of ether oxygens (including phenoxy) is 1. The van der Waals surface area contributed by atoms with Gasteiger partial charge in [-0.15, -0.1) is 11.3 Å². The second kappa shape index (κ2) is 8.35. The summed E-state index contributed by atoms with van der Waals surface area (Å²) in [5.41, 5.74) is 1.39. The van der Waals surface area contributed by atoms with E-state index in [4.69, 9.17) is 4.74 Å². The van der Waals surface area contributed by atoms with Gasteiger partial charge in [0.15, 0.2) is 0 Å². The maximum Gasteiger partial charge on any atom is 0.232 e. The van der Waals surface area contributed by atoms with E-state index in [1.54, 1.807) is 12.1 Å². The first-order chi connectivity index (χ1) is 11.8. The van der Waals surface area contributed by atoms with Crippen molar-refractivity contribution in [3.63, 3.8) is 0 Å². The number of anilines is 1. The van der Waals surface area contributed by atoms with Crippen LogP contribution < -0.4 is 14.4 Å². The number of nitrogens with one attached hydrogen (secondary N) is 1. The summed E-state index contributed by atoms with van der Waals surface area (Å²) in [7, 11) is -2.01. The minimum atomic E-state index is -3.51. The van der Waals surface area contributed by atoms with Crippen LogP contribution in [0.3, 0.4) is 0 Å². The molecule has 0 aliphatic heterocycles. The zero-order chi connectivity index (χ0) is 18.4. The molecule has 2 aromatic rings. The van der Waals surface area contributed by atoms with E-state index in [2.05, 4.69) is 5.32 Å². The molecule has 1 N–H and O–H groups in total. The molecule has 1 aromatic heterocycles. The van der Waals surface area contributed by atoms with Crippen molar-refractivity contribution < 1.29 is 17.9 Å². The van der Waals surface area contributed by atoms with Crippen molar-refractivity contribution in [2.24, 2.45) is 0 Å². The lowest BCUT2D eigenvalue weighted by molar-refractivity contribution is -0.120. The SMILES string of the molecule is COc1ccc(C)cc1N(CCNC(=O)Cc1cccs1)S(C)(=O)=O. The highest BCUT2D eigenvalue weighted by Crippen LogP contribution is 2.30. The molecule has 1 amide bonds. The summed E-state index contributed by atoms with van der Waals surface area (Å²) < 4.78 is 30.9. The van der Waals surface area contributed by atoms with Crippen molar-refractivity contribution in [3.05, 3.63) is 46.2 Å². The fraction of sp³-hybridized carbons (Fsp3) is 0.353. The molecule has 8 heteroatoms. The van der Waals surface area contributed by atoms with Gasteiger partial charge in [-0.05, 0) is 36.1 Å². The van der Waals surface area contributed by atoms with E-state index in [0.717, 1.165) is 16.7 Å². The fourth-order valence-electron chi connectivity index (χ4n) is 2.39. The first-order valence-corrected chi connectivity index (χ1v) is 10.5. The topological polar surface area (TPSA) is 75.7 Å². The molecule has 136 valence electrons. The van der Waals surface area contributed by atoms with E-state index in [1.165, 1.54) is 22.8 Å². The molecule has 0 saturated heterocycles. The summed E-state index contributed by atoms with van der Waals surface area (Å²) in [5.74, 6) is 0.341. The predicted octanol–water partition coefficient (Wildman–Crippen LogP) is 2.19. The predicted molar refractivity (Wildman–Crippen MR) is 101 cm³/mol. The third kappa shape index (κ3) is 5.47. The molecular formula is C17H22N2O4S2. The van der Waals surface area contributed by atoms with Crippen LogP contribution >= 0.6 is 11.3 Å². The van der Waals surface area contributed by atoms with Crippen molar-refractivity contribution in [3.8, 4) is 5.75 Å². The molecule has 0 aliphatic rings. The molecule has 0 fully saturated rings. The quantitative estimate of drug-likeness (QED) is 0.759. The Bertz CT molecular complexity index is 817. The third-order valence-electron chi connectivity index (χ3n) is 3.56. The number of hydrogen-bond donors (Lipinski definition) is 1. The summed E-state index contributed by atoms with van der Waals surface area (Å²) in [4.78, 5) is 12.9. The second-order valence-corrected chi connectivity index (χ2v) is 8.56. The third-order valence-corrected chi connectivity index (χ3v) is 5.61. The maximum atomic E-state index is 12.2. The molecule has 1 aromatic carbocycles. The highest BCUT2D eigenvalue weighted by Gasteiger charge is 2.21. The van der Waals surface area contributed by atoms with Gasteiger partial charge in [-0.1, -0.05) is 12.1 Å². The van der Waals surface area contributed by atoms with Gasteiger partial charge < -0.3 is 10.1 Å². The molecule has 0 radical (unpaired) electrons. The van der Waals surface area contributed by atoms with Crippen LogP contribution in [0.15, 0.2) is 35.7 Å². The molecule has 0 unspecified atom stereocenters. The normalized spacial score (nSPS) is 11.2. The van der Waals surface area contributed by atoms with Gasteiger partial charge in [0.25, 0.3) is 0 Å². The Labute approximate surface area is 152 Å². The van der Waals surface area contributed by atoms with Crippen LogP contribution in [-0.4, -0.2) is 40.8 Å². The van der Waals surface area contributed by atoms with Crippen molar-refractivity contribution in [1.29, 1.82) is 0 Å². The summed E-state index contributed by atoms with van der Waals surface area (Å²) in [5, 5.41) is 4.68. The summed E-state index contributed by atoms with van der Waals surface area (Å²) >= 11 is 1.52. The molecule has 2 rings (SSSR count). The number of methoxy groups -OCH3 is 1. The fourth-order valence-corrected chi connectivity index (χ4v) is 4.02. The standard InChI is InChI=1S/C17H22N2O4S2/c1-13-6-7-16(23-2)15(11-13)19(25(3,21)22)9-8-18-17(20)12-14-5-4-10-24-14/h4-7,10-11H,8-9,12H2,1-3H3,(H,18,20). The van der Waals surface area contributed by atoms with Crippen molar-refractivity contribution in [2.75, 3.05) is 30.8 Å². The Balaban J connectivity index is 2.07. The van der Waals surface area contributed by atoms with Crippen LogP contribution in [0.5, 0.6) is 5.75 Å². The van der Waals surface area contributed by atoms with Gasteiger partial charge in [-0.25, -0.2) is 8.42 Å². The Hall–Kier alpha value is -2.06. The zero-order valence-electron chi connectivity index (χ0n) is 14.5. The molecule has 25 heavy (non-hydrogen) atoms. The van der Waals surface area contributed by atoms with E-state index in [9.17, 15) is 13.2 Å². The number of amides is 1. The molecule has 0 saturated carbocycles. The van der Waals surface area contributed by atoms with Gasteiger partial charge >= 0.3 is 0 Å². The van der Waals surface area contributed by atoms with Gasteiger partial charge in [0, 0.05) is 11.4 Å². The molecule has 6 nitrogen and oxygen atoms in total. The van der Waals surface area contributed by atoms with Gasteiger partial charge in [0.1, 0.15) is 5.75 Å². The number of benzene rings is 1. The maximum absolute atomic E-state index is 12.2. The van der Waals surface area contributed by atoms with E-state index in [1.807, 2.05) is 30.5 Å². The number of carbonyl (C=O) groups is 1. The van der Waals surface area contributed by atoms with Crippen LogP contribution in [0.1, 0.15) is 10.4 Å². The smallest absolute Gasteiger partial charge is 0.232 e. The van der Waals surface area contributed by atoms with Crippen LogP contribution in [0.25, 0.3) is 0 Å². The number of rotatable bonds is 8. The van der Waals surface area contributed by atoms with Crippen molar-refractivity contribution in [2.45, 2.75) is 13.3 Å². The number of nitrogens with zero attached hydrogens (tertiary/aromatic N) is 1. The van der Waals surface area contributed by atoms with Crippen LogP contribution in [-0.2, 0) is 21.2 Å². The van der Waals surface area contributed by atoms with Gasteiger partial charge in [-0.2, -0.15) is 0 Å². The van der Waals surface area contributed by atoms with E-state index >= 15 is 0 Å². The first kappa shape index (κ1) is 19.3. The highest BCUT2D eigenvalue weighted by molar-refractivity contribution is 7.92. The Morgan fingerprint density at radius 1 is 1.32 bits per heavy atom. The molecule has 1 heterocycles. The Kier molecular flexibility index (Phi) is 6.44. The lowest BCUT2D eigenvalue weighted by atomic mass is 10.2. The van der Waals surface area contributed by atoms with Gasteiger partial charge in [0.2, 0.25) is 15.9 Å². The Morgan fingerprint density at radius 2 is 2.08 bits per heavy atom. The molecule has 0 spiro atoms. The van der Waals surface area contributed by atoms with Crippen LogP contribution in [0.2, 0.25) is 0 Å². The largest absolute Gasteiger partial charge is 0.495 e. The summed E-state index contributed by atoms with van der Waals surface area (Å²) in [6, 6.07) is 9.13. The average molecular weight is 383 g/mol. The molecule has 0 aliphatic carbocycles. The highest BCUT2D eigenvalue weighted by atomic mass is 32.2. The van der Waals surface area contributed by atoms with Crippen molar-refractivity contribution in [1.82, 2.24) is 5.32 Å². The lowest BCUT2D eigenvalue weighted by Crippen LogP contribution is -2.38. The minimum absolute atomic E-state index is 0.132. The van der Waals surface area contributed by atoms with Crippen LogP contribution in [0, 0.1) is 6.92 Å². The monoisotopic (exact) mass is 382 g/mol. The van der Waals surface area contributed by atoms with E-state index < -0.39 is 10.0 Å². The molecule has 0 bridgehead atoms. The van der Waals surface area contributed by atoms with E-state index in [0.29, 0.717) is 17.9 Å². The zero-order valence-corrected chi connectivity index (χ0v) is 16.1. The molecular weight excluding hydrogens is 360 g/mol. The number of thiophene rings is 1. The average Bonchev–Trinajstić information content (AvgIpc) is 3.03. The Morgan fingerprint density at radius 3 is 2.68 bits per heavy atom. The number of sulfonamides is 1. The summed E-state index contributed by atoms with van der Waals surface area (Å²) in [6.45, 7) is 2.23. The number of aryl methyl sites for hydroxylation is 1. The number of carbonyl (C=O) groups excluding carboxylic acids is 1. The molecule has 0 atom stereocenters. The first-order valence-electron chi connectivity index (χ1n) is 7.72. The van der Waals surface area contributed by atoms with Gasteiger partial charge in [0.05, 0.1) is 32.0 Å². The minimum Gasteiger partial charge on any atom is -0.495 e. The summed E-state index contributed by atoms with van der Waals surface area (Å²) in [6.07, 6.45) is 1.44. The van der Waals surface area contributed by atoms with Crippen LogP contribution in [0.4, 0.5) is 5.69 Å². The number of hydrogen-bond acceptors (Lipinski definition) is 5. The lowest BCUT2D eigenvalue weighted by Gasteiger charge is -2.24. The van der Waals surface area contributed by atoms with Crippen molar-refractivity contribution >= 4 is 33.0 Å². The van der Waals surface area contributed by atoms with Gasteiger partial charge in [-0.3, -0.25) is 9.10 Å².